The van der Waals surface area contributed by atoms with Crippen LogP contribution in [0, 0.1) is 5.41 Å². The highest BCUT2D eigenvalue weighted by atomic mass is 16.5. The molecule has 0 spiro atoms. The molecule has 0 amide bonds. The number of rotatable bonds is 5. The maximum Gasteiger partial charge on any atom is 0.311 e. The lowest BCUT2D eigenvalue weighted by molar-refractivity contribution is -0.155. The second kappa shape index (κ2) is 5.22. The third kappa shape index (κ3) is 4.27. The lowest BCUT2D eigenvalue weighted by Gasteiger charge is -2.24. The third-order valence-electron chi connectivity index (χ3n) is 2.05. The van der Waals surface area contributed by atoms with Gasteiger partial charge in [-0.25, -0.2) is 0 Å². The van der Waals surface area contributed by atoms with Crippen LogP contribution in [0.15, 0.2) is 0 Å². The summed E-state index contributed by atoms with van der Waals surface area (Å²) < 4.78 is 4.90. The molecule has 0 bridgehead atoms. The van der Waals surface area contributed by atoms with Gasteiger partial charge in [-0.15, -0.1) is 0 Å². The number of aliphatic hydroxyl groups is 1. The molecule has 0 saturated heterocycles. The quantitative estimate of drug-likeness (QED) is 0.668. The number of hydrogen-bond acceptors (Lipinski definition) is 3. The number of carbonyl (C=O) groups excluding carboxylic acids is 1. The molecule has 1 unspecified atom stereocenters. The van der Waals surface area contributed by atoms with Gasteiger partial charge in [-0.2, -0.15) is 0 Å². The molecular weight excluding hydrogens is 168 g/mol. The summed E-state index contributed by atoms with van der Waals surface area (Å²) in [5.41, 5.74) is -0.578. The smallest absolute Gasteiger partial charge is 0.311 e. The maximum absolute atomic E-state index is 11.4. The zero-order chi connectivity index (χ0) is 10.5. The molecule has 3 heteroatoms. The second-order valence-electron chi connectivity index (χ2n) is 3.87. The highest BCUT2D eigenvalue weighted by Crippen LogP contribution is 2.25. The Bertz CT molecular complexity index is 164. The van der Waals surface area contributed by atoms with Crippen molar-refractivity contribution in [3.63, 3.8) is 0 Å². The SMILES string of the molecule is CCOC(=O)C(C)(C)CC(O)CC. The van der Waals surface area contributed by atoms with Crippen molar-refractivity contribution >= 4 is 5.97 Å². The summed E-state index contributed by atoms with van der Waals surface area (Å²) in [4.78, 5) is 11.4. The van der Waals surface area contributed by atoms with Crippen LogP contribution in [-0.4, -0.2) is 23.8 Å². The first-order valence-electron chi connectivity index (χ1n) is 4.79. The van der Waals surface area contributed by atoms with E-state index >= 15 is 0 Å². The fourth-order valence-corrected chi connectivity index (χ4v) is 1.14. The summed E-state index contributed by atoms with van der Waals surface area (Å²) in [6, 6.07) is 0. The third-order valence-corrected chi connectivity index (χ3v) is 2.05. The van der Waals surface area contributed by atoms with Gasteiger partial charge in [0.05, 0.1) is 18.1 Å². The molecule has 1 atom stereocenters. The van der Waals surface area contributed by atoms with Crippen molar-refractivity contribution < 1.29 is 14.6 Å². The fraction of sp³-hybridized carbons (Fsp3) is 0.900. The molecule has 13 heavy (non-hydrogen) atoms. The molecule has 0 aliphatic heterocycles. The van der Waals surface area contributed by atoms with Crippen LogP contribution >= 0.6 is 0 Å². The van der Waals surface area contributed by atoms with Crippen molar-refractivity contribution in [3.8, 4) is 0 Å². The number of esters is 1. The lowest BCUT2D eigenvalue weighted by Crippen LogP contribution is -2.30. The summed E-state index contributed by atoms with van der Waals surface area (Å²) in [6.07, 6.45) is 0.713. The molecule has 0 aromatic carbocycles. The fourth-order valence-electron chi connectivity index (χ4n) is 1.14. The van der Waals surface area contributed by atoms with E-state index in [4.69, 9.17) is 4.74 Å². The van der Waals surface area contributed by atoms with Crippen molar-refractivity contribution in [1.82, 2.24) is 0 Å². The van der Waals surface area contributed by atoms with Gasteiger partial charge in [0.15, 0.2) is 0 Å². The van der Waals surface area contributed by atoms with Crippen LogP contribution in [0.1, 0.15) is 40.5 Å². The first kappa shape index (κ1) is 12.4. The van der Waals surface area contributed by atoms with Crippen LogP contribution in [0.3, 0.4) is 0 Å². The standard InChI is InChI=1S/C10H20O3/c1-5-8(11)7-10(3,4)9(12)13-6-2/h8,11H,5-7H2,1-4H3. The summed E-state index contributed by atoms with van der Waals surface area (Å²) >= 11 is 0. The topological polar surface area (TPSA) is 46.5 Å². The minimum atomic E-state index is -0.578. The average molecular weight is 188 g/mol. The Morgan fingerprint density at radius 3 is 2.38 bits per heavy atom. The van der Waals surface area contributed by atoms with Gasteiger partial charge in [0.1, 0.15) is 0 Å². The molecule has 0 radical (unpaired) electrons. The van der Waals surface area contributed by atoms with E-state index in [-0.39, 0.29) is 5.97 Å². The molecule has 0 heterocycles. The lowest BCUT2D eigenvalue weighted by atomic mass is 9.86. The van der Waals surface area contributed by atoms with Gasteiger partial charge in [-0.05, 0) is 33.6 Å². The van der Waals surface area contributed by atoms with Crippen LogP contribution in [0.25, 0.3) is 0 Å². The Labute approximate surface area is 80.1 Å². The van der Waals surface area contributed by atoms with Gasteiger partial charge >= 0.3 is 5.97 Å². The molecule has 0 aromatic heterocycles. The number of aliphatic hydroxyl groups excluding tert-OH is 1. The second-order valence-corrected chi connectivity index (χ2v) is 3.87. The summed E-state index contributed by atoms with van der Waals surface area (Å²) in [5, 5.41) is 9.40. The van der Waals surface area contributed by atoms with Crippen LogP contribution in [0.5, 0.6) is 0 Å². The van der Waals surface area contributed by atoms with Gasteiger partial charge in [-0.3, -0.25) is 4.79 Å². The zero-order valence-corrected chi connectivity index (χ0v) is 8.96. The Hall–Kier alpha value is -0.570. The molecule has 0 aliphatic rings. The maximum atomic E-state index is 11.4. The van der Waals surface area contributed by atoms with Crippen LogP contribution in [0.4, 0.5) is 0 Å². The van der Waals surface area contributed by atoms with Gasteiger partial charge in [0, 0.05) is 0 Å². The van der Waals surface area contributed by atoms with Gasteiger partial charge < -0.3 is 9.84 Å². The van der Waals surface area contributed by atoms with Crippen molar-refractivity contribution in [2.24, 2.45) is 5.41 Å². The molecule has 78 valence electrons. The highest BCUT2D eigenvalue weighted by Gasteiger charge is 2.31. The first-order chi connectivity index (χ1) is 5.94. The Morgan fingerprint density at radius 1 is 1.46 bits per heavy atom. The van der Waals surface area contributed by atoms with Gasteiger partial charge in [-0.1, -0.05) is 6.92 Å². The van der Waals surface area contributed by atoms with Crippen LogP contribution in [0.2, 0.25) is 0 Å². The molecule has 0 aliphatic carbocycles. The van der Waals surface area contributed by atoms with Crippen molar-refractivity contribution in [3.05, 3.63) is 0 Å². The molecule has 3 nitrogen and oxygen atoms in total. The number of carbonyl (C=O) groups is 1. The Kier molecular flexibility index (Phi) is 4.99. The molecule has 0 fully saturated rings. The summed E-state index contributed by atoms with van der Waals surface area (Å²) in [7, 11) is 0. The molecule has 1 N–H and O–H groups in total. The average Bonchev–Trinajstić information content (AvgIpc) is 2.04. The number of hydrogen-bond donors (Lipinski definition) is 1. The van der Waals surface area contributed by atoms with E-state index in [0.29, 0.717) is 19.4 Å². The molecule has 0 saturated carbocycles. The number of ether oxygens (including phenoxy) is 1. The highest BCUT2D eigenvalue weighted by molar-refractivity contribution is 5.75. The van der Waals surface area contributed by atoms with E-state index < -0.39 is 11.5 Å². The molecule has 0 aromatic rings. The van der Waals surface area contributed by atoms with E-state index in [1.807, 2.05) is 6.92 Å². The van der Waals surface area contributed by atoms with Gasteiger partial charge in [0.2, 0.25) is 0 Å². The minimum absolute atomic E-state index is 0.234. The van der Waals surface area contributed by atoms with Crippen LogP contribution < -0.4 is 0 Å². The molecule has 0 rings (SSSR count). The van der Waals surface area contributed by atoms with E-state index in [9.17, 15) is 9.90 Å². The largest absolute Gasteiger partial charge is 0.466 e. The monoisotopic (exact) mass is 188 g/mol. The zero-order valence-electron chi connectivity index (χ0n) is 8.96. The van der Waals surface area contributed by atoms with Crippen LogP contribution in [-0.2, 0) is 9.53 Å². The summed E-state index contributed by atoms with van der Waals surface area (Å²) in [5.74, 6) is -0.234. The summed E-state index contributed by atoms with van der Waals surface area (Å²) in [6.45, 7) is 7.66. The predicted molar refractivity (Wildman–Crippen MR) is 51.3 cm³/mol. The van der Waals surface area contributed by atoms with Crippen molar-refractivity contribution in [2.75, 3.05) is 6.61 Å². The normalized spacial score (nSPS) is 13.9. The van der Waals surface area contributed by atoms with Crippen molar-refractivity contribution in [2.45, 2.75) is 46.6 Å². The van der Waals surface area contributed by atoms with E-state index in [2.05, 4.69) is 0 Å². The first-order valence-corrected chi connectivity index (χ1v) is 4.79. The van der Waals surface area contributed by atoms with E-state index in [1.54, 1.807) is 20.8 Å². The Morgan fingerprint density at radius 2 is 2.00 bits per heavy atom. The molecular formula is C10H20O3. The van der Waals surface area contributed by atoms with Crippen molar-refractivity contribution in [1.29, 1.82) is 0 Å². The van der Waals surface area contributed by atoms with Gasteiger partial charge in [0.25, 0.3) is 0 Å². The van der Waals surface area contributed by atoms with E-state index in [0.717, 1.165) is 0 Å². The predicted octanol–water partition coefficient (Wildman–Crippen LogP) is 1.74. The van der Waals surface area contributed by atoms with E-state index in [1.165, 1.54) is 0 Å². The minimum Gasteiger partial charge on any atom is -0.466 e. The Balaban J connectivity index is 4.13.